The number of terminal acetylenes is 1. The molecule has 0 aliphatic rings. The molecule has 2 heteroatoms. The molecule has 2 aromatic carbocycles. The van der Waals surface area contributed by atoms with E-state index in [-0.39, 0.29) is 24.4 Å². The number of benzene rings is 2. The van der Waals surface area contributed by atoms with Crippen LogP contribution in [0.15, 0.2) is 60.7 Å². The second-order valence-electron chi connectivity index (χ2n) is 3.99. The summed E-state index contributed by atoms with van der Waals surface area (Å²) < 4.78 is 0. The van der Waals surface area contributed by atoms with E-state index in [1.54, 1.807) is 0 Å². The van der Waals surface area contributed by atoms with Crippen LogP contribution in [-0.4, -0.2) is 0 Å². The maximum Gasteiger partial charge on any atom is 0.0642 e. The molecule has 0 aromatic heterocycles. The van der Waals surface area contributed by atoms with E-state index in [0.717, 1.165) is 11.1 Å². The van der Waals surface area contributed by atoms with Gasteiger partial charge in [-0.2, -0.15) is 0 Å². The molecule has 0 saturated heterocycles. The van der Waals surface area contributed by atoms with E-state index < -0.39 is 0 Å². The van der Waals surface area contributed by atoms with Crippen LogP contribution in [0.25, 0.3) is 0 Å². The third-order valence-corrected chi connectivity index (χ3v) is 2.88. The summed E-state index contributed by atoms with van der Waals surface area (Å²) >= 11 is 0. The van der Waals surface area contributed by atoms with Crippen molar-refractivity contribution in [1.29, 1.82) is 0 Å². The topological polar surface area (TPSA) is 26.0 Å². The summed E-state index contributed by atoms with van der Waals surface area (Å²) in [5.41, 5.74) is 8.40. The van der Waals surface area contributed by atoms with Crippen LogP contribution in [0, 0.1) is 12.3 Å². The Morgan fingerprint density at radius 2 is 1.28 bits per heavy atom. The fourth-order valence-corrected chi connectivity index (χ4v) is 1.94. The molecule has 0 aliphatic heterocycles. The van der Waals surface area contributed by atoms with Crippen molar-refractivity contribution in [3.05, 3.63) is 71.8 Å². The first-order valence-corrected chi connectivity index (χ1v) is 5.64. The van der Waals surface area contributed by atoms with Crippen LogP contribution in [-0.2, 0) is 0 Å². The minimum absolute atomic E-state index is 0. The molecule has 2 rings (SSSR count). The van der Waals surface area contributed by atoms with Crippen LogP contribution in [0.3, 0.4) is 0 Å². The normalized spacial score (nSPS) is 12.9. The maximum atomic E-state index is 6.24. The van der Waals surface area contributed by atoms with E-state index in [1.165, 1.54) is 0 Å². The second kappa shape index (κ2) is 6.86. The molecule has 2 atom stereocenters. The van der Waals surface area contributed by atoms with E-state index in [0.29, 0.717) is 0 Å². The number of hydrogen-bond donors (Lipinski definition) is 1. The fraction of sp³-hybridized carbons (Fsp3) is 0.125. The first kappa shape index (κ1) is 14.3. The monoisotopic (exact) mass is 257 g/mol. The molecule has 92 valence electrons. The van der Waals surface area contributed by atoms with Gasteiger partial charge in [-0.05, 0) is 11.1 Å². The zero-order valence-electron chi connectivity index (χ0n) is 9.99. The molecule has 2 N–H and O–H groups in total. The van der Waals surface area contributed by atoms with Gasteiger partial charge in [-0.1, -0.05) is 66.6 Å². The maximum absolute atomic E-state index is 6.24. The lowest BCUT2D eigenvalue weighted by molar-refractivity contribution is 0.662. The van der Waals surface area contributed by atoms with E-state index in [2.05, 4.69) is 5.92 Å². The van der Waals surface area contributed by atoms with Gasteiger partial charge in [0, 0.05) is 6.04 Å². The Kier molecular flexibility index (Phi) is 5.45. The van der Waals surface area contributed by atoms with Crippen molar-refractivity contribution < 1.29 is 0 Å². The van der Waals surface area contributed by atoms with Crippen LogP contribution in [0.2, 0.25) is 0 Å². The van der Waals surface area contributed by atoms with Gasteiger partial charge in [0.05, 0.1) is 5.92 Å². The lowest BCUT2D eigenvalue weighted by atomic mass is 9.88. The highest BCUT2D eigenvalue weighted by Crippen LogP contribution is 2.27. The molecule has 0 heterocycles. The van der Waals surface area contributed by atoms with Crippen LogP contribution in [0.4, 0.5) is 0 Å². The molecule has 0 saturated carbocycles. The van der Waals surface area contributed by atoms with Crippen LogP contribution < -0.4 is 5.73 Å². The first-order valence-electron chi connectivity index (χ1n) is 5.64. The summed E-state index contributed by atoms with van der Waals surface area (Å²) in [5, 5.41) is 0. The Morgan fingerprint density at radius 1 is 0.833 bits per heavy atom. The van der Waals surface area contributed by atoms with Crippen LogP contribution in [0.1, 0.15) is 23.1 Å². The Morgan fingerprint density at radius 3 is 1.72 bits per heavy atom. The molecule has 0 aliphatic carbocycles. The zero-order valence-corrected chi connectivity index (χ0v) is 10.8. The Labute approximate surface area is 114 Å². The third kappa shape index (κ3) is 3.13. The van der Waals surface area contributed by atoms with Crippen molar-refractivity contribution in [1.82, 2.24) is 0 Å². The zero-order chi connectivity index (χ0) is 12.1. The van der Waals surface area contributed by atoms with Crippen molar-refractivity contribution >= 4 is 12.4 Å². The summed E-state index contributed by atoms with van der Waals surface area (Å²) in [5.74, 6) is 2.71. The molecule has 0 bridgehead atoms. The van der Waals surface area contributed by atoms with Gasteiger partial charge >= 0.3 is 0 Å². The van der Waals surface area contributed by atoms with Gasteiger partial charge in [0.2, 0.25) is 0 Å². The number of halogens is 1. The number of rotatable bonds is 3. The average Bonchev–Trinajstić information content (AvgIpc) is 2.42. The van der Waals surface area contributed by atoms with Crippen molar-refractivity contribution in [3.8, 4) is 12.3 Å². The summed E-state index contributed by atoms with van der Waals surface area (Å²) in [4.78, 5) is 0. The molecule has 0 amide bonds. The van der Waals surface area contributed by atoms with E-state index in [1.807, 2.05) is 60.7 Å². The molecule has 18 heavy (non-hydrogen) atoms. The van der Waals surface area contributed by atoms with Gasteiger partial charge in [0.1, 0.15) is 0 Å². The Bertz CT molecular complexity index is 502. The van der Waals surface area contributed by atoms with Crippen molar-refractivity contribution in [3.63, 3.8) is 0 Å². The minimum Gasteiger partial charge on any atom is -0.323 e. The molecular formula is C16H16ClN. The largest absolute Gasteiger partial charge is 0.323 e. The SMILES string of the molecule is C#C[C@H](c1ccccc1)[C@@H](N)c1ccccc1.Cl. The third-order valence-electron chi connectivity index (χ3n) is 2.88. The smallest absolute Gasteiger partial charge is 0.0642 e. The molecule has 2 aromatic rings. The van der Waals surface area contributed by atoms with Crippen molar-refractivity contribution in [2.24, 2.45) is 5.73 Å². The van der Waals surface area contributed by atoms with E-state index in [4.69, 9.17) is 12.2 Å². The van der Waals surface area contributed by atoms with Gasteiger partial charge in [-0.3, -0.25) is 0 Å². The van der Waals surface area contributed by atoms with Crippen LogP contribution >= 0.6 is 12.4 Å². The van der Waals surface area contributed by atoms with E-state index >= 15 is 0 Å². The standard InChI is InChI=1S/C16H15N.ClH/c1-2-15(13-9-5-3-6-10-13)16(17)14-11-7-4-8-12-14;/h1,3-12,15-16H,17H2;1H/t15-,16+;/m1./s1. The molecule has 0 unspecified atom stereocenters. The van der Waals surface area contributed by atoms with Gasteiger partial charge < -0.3 is 5.73 Å². The molecular weight excluding hydrogens is 242 g/mol. The Balaban J connectivity index is 0.00000162. The second-order valence-corrected chi connectivity index (χ2v) is 3.99. The number of nitrogens with two attached hydrogens (primary N) is 1. The van der Waals surface area contributed by atoms with Crippen LogP contribution in [0.5, 0.6) is 0 Å². The highest BCUT2D eigenvalue weighted by molar-refractivity contribution is 5.85. The molecule has 0 spiro atoms. The molecule has 0 fully saturated rings. The summed E-state index contributed by atoms with van der Waals surface area (Å²) in [6.07, 6.45) is 5.61. The van der Waals surface area contributed by atoms with Gasteiger partial charge in [0.25, 0.3) is 0 Å². The van der Waals surface area contributed by atoms with Gasteiger partial charge in [-0.25, -0.2) is 0 Å². The highest BCUT2D eigenvalue weighted by atomic mass is 35.5. The molecule has 0 radical (unpaired) electrons. The van der Waals surface area contributed by atoms with E-state index in [9.17, 15) is 0 Å². The molecule has 1 nitrogen and oxygen atoms in total. The Hall–Kier alpha value is -1.75. The van der Waals surface area contributed by atoms with Gasteiger partial charge in [0.15, 0.2) is 0 Å². The summed E-state index contributed by atoms with van der Waals surface area (Å²) in [7, 11) is 0. The highest BCUT2D eigenvalue weighted by Gasteiger charge is 2.18. The predicted molar refractivity (Wildman–Crippen MR) is 78.6 cm³/mol. The fourth-order valence-electron chi connectivity index (χ4n) is 1.94. The first-order chi connectivity index (χ1) is 8.33. The number of hydrogen-bond acceptors (Lipinski definition) is 1. The summed E-state index contributed by atoms with van der Waals surface area (Å²) in [6, 6.07) is 19.8. The minimum atomic E-state index is -0.163. The quantitative estimate of drug-likeness (QED) is 0.837. The van der Waals surface area contributed by atoms with Gasteiger partial charge in [-0.15, -0.1) is 18.8 Å². The van der Waals surface area contributed by atoms with Crippen molar-refractivity contribution in [2.75, 3.05) is 0 Å². The summed E-state index contributed by atoms with van der Waals surface area (Å²) in [6.45, 7) is 0. The lowest BCUT2D eigenvalue weighted by Gasteiger charge is -2.19. The average molecular weight is 258 g/mol. The van der Waals surface area contributed by atoms with Crippen molar-refractivity contribution in [2.45, 2.75) is 12.0 Å². The predicted octanol–water partition coefficient (Wildman–Crippen LogP) is 3.53. The lowest BCUT2D eigenvalue weighted by Crippen LogP contribution is -2.18.